The average Bonchev–Trinajstić information content (AvgIpc) is 2.85. The normalized spacial score (nSPS) is 31.9. The first-order valence-corrected chi connectivity index (χ1v) is 9.68. The van der Waals surface area contributed by atoms with Crippen molar-refractivity contribution in [3.8, 4) is 0 Å². The first kappa shape index (κ1) is 16.2. The number of amidine groups is 1. The van der Waals surface area contributed by atoms with Crippen molar-refractivity contribution >= 4 is 16.9 Å². The lowest BCUT2D eigenvalue weighted by molar-refractivity contribution is 0.251. The lowest BCUT2D eigenvalue weighted by Crippen LogP contribution is -2.46. The van der Waals surface area contributed by atoms with Crippen molar-refractivity contribution < 1.29 is 0 Å². The van der Waals surface area contributed by atoms with Crippen LogP contribution in [0.15, 0.2) is 4.99 Å². The third-order valence-corrected chi connectivity index (χ3v) is 6.06. The number of thioether (sulfide) groups is 1. The monoisotopic (exact) mass is 296 g/mol. The van der Waals surface area contributed by atoms with Crippen LogP contribution in [0.3, 0.4) is 0 Å². The minimum absolute atomic E-state index is 0.400. The van der Waals surface area contributed by atoms with Crippen LogP contribution in [0.5, 0.6) is 0 Å². The van der Waals surface area contributed by atoms with Gasteiger partial charge in [-0.2, -0.15) is 0 Å². The molecule has 0 radical (unpaired) electrons. The van der Waals surface area contributed by atoms with E-state index >= 15 is 0 Å². The lowest BCUT2D eigenvalue weighted by Gasteiger charge is -2.35. The van der Waals surface area contributed by atoms with Crippen LogP contribution >= 0.6 is 11.8 Å². The molecule has 1 saturated carbocycles. The molecule has 1 N–H and O–H groups in total. The van der Waals surface area contributed by atoms with E-state index in [1.165, 1.54) is 75.1 Å². The summed E-state index contributed by atoms with van der Waals surface area (Å²) in [5, 5.41) is 4.98. The molecule has 3 heteroatoms. The molecule has 0 aromatic carbocycles. The minimum atomic E-state index is 0.400. The van der Waals surface area contributed by atoms with Crippen molar-refractivity contribution in [2.45, 2.75) is 83.6 Å². The van der Waals surface area contributed by atoms with Gasteiger partial charge in [-0.3, -0.25) is 4.99 Å². The molecular weight excluding hydrogens is 264 g/mol. The predicted molar refractivity (Wildman–Crippen MR) is 91.6 cm³/mol. The van der Waals surface area contributed by atoms with Gasteiger partial charge < -0.3 is 5.32 Å². The summed E-state index contributed by atoms with van der Waals surface area (Å²) in [5.41, 5.74) is 0.400. The van der Waals surface area contributed by atoms with E-state index in [-0.39, 0.29) is 0 Å². The third kappa shape index (κ3) is 4.98. The molecule has 0 bridgehead atoms. The van der Waals surface area contributed by atoms with E-state index in [0.717, 1.165) is 12.5 Å². The Morgan fingerprint density at radius 2 is 1.85 bits per heavy atom. The van der Waals surface area contributed by atoms with Gasteiger partial charge in [-0.1, -0.05) is 57.7 Å². The largest absolute Gasteiger partial charge is 0.359 e. The van der Waals surface area contributed by atoms with Gasteiger partial charge in [-0.15, -0.1) is 0 Å². The van der Waals surface area contributed by atoms with Crippen LogP contribution in [0.25, 0.3) is 0 Å². The molecule has 1 aliphatic carbocycles. The van der Waals surface area contributed by atoms with E-state index in [4.69, 9.17) is 4.99 Å². The van der Waals surface area contributed by atoms with Crippen LogP contribution in [-0.4, -0.2) is 23.0 Å². The molecule has 2 fully saturated rings. The van der Waals surface area contributed by atoms with Gasteiger partial charge in [0.2, 0.25) is 0 Å². The number of nitrogens with one attached hydrogen (secondary N) is 1. The predicted octanol–water partition coefficient (Wildman–Crippen LogP) is 4.99. The van der Waals surface area contributed by atoms with Crippen molar-refractivity contribution in [3.05, 3.63) is 0 Å². The Hall–Kier alpha value is -0.180. The lowest BCUT2D eigenvalue weighted by atomic mass is 9.78. The molecule has 1 saturated heterocycles. The Morgan fingerprint density at radius 1 is 1.15 bits per heavy atom. The van der Waals surface area contributed by atoms with E-state index in [1.54, 1.807) is 0 Å². The van der Waals surface area contributed by atoms with Gasteiger partial charge in [0, 0.05) is 17.8 Å². The van der Waals surface area contributed by atoms with Crippen molar-refractivity contribution in [2.75, 3.05) is 12.3 Å². The smallest absolute Gasteiger partial charge is 0.157 e. The van der Waals surface area contributed by atoms with E-state index in [1.807, 2.05) is 11.8 Å². The van der Waals surface area contributed by atoms with Crippen LogP contribution in [0.1, 0.15) is 78.1 Å². The fraction of sp³-hybridized carbons (Fsp3) is 0.941. The molecule has 2 nitrogen and oxygen atoms in total. The third-order valence-electron chi connectivity index (χ3n) is 4.86. The highest BCUT2D eigenvalue weighted by Crippen LogP contribution is 2.38. The number of hydrogen-bond donors (Lipinski definition) is 1. The highest BCUT2D eigenvalue weighted by Gasteiger charge is 2.39. The molecule has 2 aliphatic rings. The minimum Gasteiger partial charge on any atom is -0.359 e. The zero-order valence-electron chi connectivity index (χ0n) is 13.4. The Morgan fingerprint density at radius 3 is 2.60 bits per heavy atom. The molecule has 20 heavy (non-hydrogen) atoms. The summed E-state index contributed by atoms with van der Waals surface area (Å²) >= 11 is 1.96. The second-order valence-corrected chi connectivity index (χ2v) is 7.80. The van der Waals surface area contributed by atoms with E-state index in [0.29, 0.717) is 5.54 Å². The highest BCUT2D eigenvalue weighted by molar-refractivity contribution is 8.14. The summed E-state index contributed by atoms with van der Waals surface area (Å²) in [5.74, 6) is 2.17. The zero-order valence-corrected chi connectivity index (χ0v) is 14.2. The summed E-state index contributed by atoms with van der Waals surface area (Å²) in [7, 11) is 0. The number of rotatable bonds is 7. The molecule has 0 amide bonds. The van der Waals surface area contributed by atoms with Gasteiger partial charge in [-0.05, 0) is 38.0 Å². The molecule has 2 rings (SSSR count). The van der Waals surface area contributed by atoms with E-state index in [9.17, 15) is 0 Å². The molecule has 1 spiro atoms. The van der Waals surface area contributed by atoms with Gasteiger partial charge >= 0.3 is 0 Å². The van der Waals surface area contributed by atoms with Gasteiger partial charge in [0.1, 0.15) is 0 Å². The van der Waals surface area contributed by atoms with Gasteiger partial charge in [0.15, 0.2) is 5.17 Å². The number of hydrogen-bond acceptors (Lipinski definition) is 2. The zero-order chi connectivity index (χ0) is 14.3. The molecular formula is C17H32N2S. The molecule has 1 heterocycles. The van der Waals surface area contributed by atoms with Crippen molar-refractivity contribution in [3.63, 3.8) is 0 Å². The second kappa shape index (κ2) is 8.31. The highest BCUT2D eigenvalue weighted by atomic mass is 32.2. The SMILES string of the molecule is CCCCCCCCN=C1NC2(CCC(C)CC2)CS1. The van der Waals surface area contributed by atoms with Gasteiger partial charge in [0.25, 0.3) is 0 Å². The Kier molecular flexibility index (Phi) is 6.73. The fourth-order valence-corrected chi connectivity index (χ4v) is 4.49. The molecule has 0 aromatic heterocycles. The molecule has 0 atom stereocenters. The van der Waals surface area contributed by atoms with E-state index in [2.05, 4.69) is 19.2 Å². The van der Waals surface area contributed by atoms with Crippen LogP contribution in [0, 0.1) is 5.92 Å². The Balaban J connectivity index is 1.61. The summed E-state index contributed by atoms with van der Waals surface area (Å²) in [4.78, 5) is 4.78. The summed E-state index contributed by atoms with van der Waals surface area (Å²) < 4.78 is 0. The Bertz CT molecular complexity index is 306. The molecule has 116 valence electrons. The average molecular weight is 297 g/mol. The van der Waals surface area contributed by atoms with Crippen molar-refractivity contribution in [1.82, 2.24) is 5.32 Å². The van der Waals surface area contributed by atoms with Gasteiger partial charge in [0.05, 0.1) is 0 Å². The number of nitrogens with zero attached hydrogens (tertiary/aromatic N) is 1. The van der Waals surface area contributed by atoms with Crippen molar-refractivity contribution in [1.29, 1.82) is 0 Å². The molecule has 1 aliphatic heterocycles. The van der Waals surface area contributed by atoms with E-state index < -0.39 is 0 Å². The number of unbranched alkanes of at least 4 members (excludes halogenated alkanes) is 5. The van der Waals surface area contributed by atoms with Crippen LogP contribution in [-0.2, 0) is 0 Å². The first-order valence-electron chi connectivity index (χ1n) is 8.69. The first-order chi connectivity index (χ1) is 9.74. The topological polar surface area (TPSA) is 24.4 Å². The maximum absolute atomic E-state index is 4.78. The maximum Gasteiger partial charge on any atom is 0.157 e. The van der Waals surface area contributed by atoms with Crippen LogP contribution in [0.2, 0.25) is 0 Å². The summed E-state index contributed by atoms with van der Waals surface area (Å²) in [6, 6.07) is 0. The van der Waals surface area contributed by atoms with Crippen LogP contribution < -0.4 is 5.32 Å². The quantitative estimate of drug-likeness (QED) is 0.669. The molecule has 0 aromatic rings. The molecule has 0 unspecified atom stereocenters. The maximum atomic E-state index is 4.78. The fourth-order valence-electron chi connectivity index (χ4n) is 3.25. The van der Waals surface area contributed by atoms with Gasteiger partial charge in [-0.25, -0.2) is 0 Å². The summed E-state index contributed by atoms with van der Waals surface area (Å²) in [6.45, 7) is 5.69. The standard InChI is InChI=1S/C17H32N2S/c1-3-4-5-6-7-8-13-18-16-19-17(14-20-16)11-9-15(2)10-12-17/h15H,3-14H2,1-2H3,(H,18,19). The Labute approximate surface area is 129 Å². The second-order valence-electron chi connectivity index (χ2n) is 6.83. The number of aliphatic imine (C=N–C) groups is 1. The van der Waals surface area contributed by atoms with Crippen molar-refractivity contribution in [2.24, 2.45) is 10.9 Å². The van der Waals surface area contributed by atoms with Crippen LogP contribution in [0.4, 0.5) is 0 Å². The summed E-state index contributed by atoms with van der Waals surface area (Å²) in [6.07, 6.45) is 13.6.